The van der Waals surface area contributed by atoms with Crippen LogP contribution in [0.2, 0.25) is 0 Å². The number of quaternary nitrogens is 2. The van der Waals surface area contributed by atoms with E-state index in [1.807, 2.05) is 0 Å². The van der Waals surface area contributed by atoms with E-state index in [-0.39, 0.29) is 50.0 Å². The molecule has 0 amide bonds. The molecule has 9 N–H and O–H groups in total. The summed E-state index contributed by atoms with van der Waals surface area (Å²) >= 11 is 0. The Morgan fingerprint density at radius 1 is 1.25 bits per heavy atom. The van der Waals surface area contributed by atoms with Crippen molar-refractivity contribution in [3.8, 4) is 0 Å². The van der Waals surface area contributed by atoms with Crippen molar-refractivity contribution in [3.63, 3.8) is 0 Å². The van der Waals surface area contributed by atoms with E-state index in [9.17, 15) is 0 Å². The molecule has 0 aliphatic carbocycles. The fourth-order valence-electron chi connectivity index (χ4n) is 0. The maximum atomic E-state index is 8.66. The number of hydrogen-bond donors (Lipinski definition) is 3. The summed E-state index contributed by atoms with van der Waals surface area (Å²) < 4.78 is 8.66. The summed E-state index contributed by atoms with van der Waals surface area (Å²) in [6.07, 6.45) is 0. The SMILES string of the molecule is O=P([O-])([O-])O.[Ca].[NH4+].[NH4+]. The van der Waals surface area contributed by atoms with Gasteiger partial charge in [0.2, 0.25) is 0 Å². The second-order valence-corrected chi connectivity index (χ2v) is 1.41. The molecule has 0 saturated carbocycles. The average molecular weight is 172 g/mol. The van der Waals surface area contributed by atoms with Crippen LogP contribution >= 0.6 is 7.82 Å². The van der Waals surface area contributed by atoms with Gasteiger partial charge in [-0.05, 0) is 0 Å². The molecule has 0 spiro atoms. The van der Waals surface area contributed by atoms with E-state index in [0.717, 1.165) is 0 Å². The van der Waals surface area contributed by atoms with Crippen molar-refractivity contribution in [1.29, 1.82) is 0 Å². The first kappa shape index (κ1) is 22.8. The van der Waals surface area contributed by atoms with E-state index in [0.29, 0.717) is 0 Å². The Balaban J connectivity index is -0.0000000267. The van der Waals surface area contributed by atoms with Gasteiger partial charge in [-0.15, -0.1) is 0 Å². The van der Waals surface area contributed by atoms with Crippen LogP contribution in [0.3, 0.4) is 0 Å². The monoisotopic (exact) mass is 172 g/mol. The van der Waals surface area contributed by atoms with E-state index in [1.54, 1.807) is 0 Å². The van der Waals surface area contributed by atoms with Crippen molar-refractivity contribution < 1.29 is 19.2 Å². The standard InChI is InChI=1S/Ca.2H3N.H3O4P/c;;;1-5(2,3)4/h;2*1H3;(H3,1,2,3,4). The van der Waals surface area contributed by atoms with Crippen LogP contribution in [0.4, 0.5) is 0 Å². The van der Waals surface area contributed by atoms with Gasteiger partial charge in [-0.25, -0.2) is 0 Å². The molecule has 0 aliphatic heterocycles. The van der Waals surface area contributed by atoms with Crippen molar-refractivity contribution in [3.05, 3.63) is 0 Å². The Morgan fingerprint density at radius 2 is 1.25 bits per heavy atom. The minimum Gasteiger partial charge on any atom is -0.790 e. The molecule has 8 heavy (non-hydrogen) atoms. The number of hydrogen-bond acceptors (Lipinski definition) is 3. The zero-order valence-corrected chi connectivity index (χ0v) is 7.93. The van der Waals surface area contributed by atoms with E-state index in [4.69, 9.17) is 19.2 Å². The molecule has 0 saturated heterocycles. The van der Waals surface area contributed by atoms with Gasteiger partial charge in [0.15, 0.2) is 0 Å². The van der Waals surface area contributed by atoms with Gasteiger partial charge in [0.25, 0.3) is 0 Å². The molecule has 0 aromatic heterocycles. The fourth-order valence-corrected chi connectivity index (χ4v) is 0. The van der Waals surface area contributed by atoms with Crippen molar-refractivity contribution in [2.24, 2.45) is 0 Å². The van der Waals surface area contributed by atoms with Crippen molar-refractivity contribution in [2.75, 3.05) is 0 Å². The Morgan fingerprint density at radius 3 is 1.25 bits per heavy atom. The summed E-state index contributed by atoms with van der Waals surface area (Å²) in [6, 6.07) is 0. The van der Waals surface area contributed by atoms with Gasteiger partial charge in [-0.1, -0.05) is 0 Å². The Labute approximate surface area is 76.7 Å². The first-order valence-corrected chi connectivity index (χ1v) is 2.24. The normalized spacial score (nSPS) is 7.38. The van der Waals surface area contributed by atoms with Crippen molar-refractivity contribution >= 4 is 45.6 Å². The Kier molecular flexibility index (Phi) is 23.6. The summed E-state index contributed by atoms with van der Waals surface area (Å²) in [7, 11) is -5.14. The molecule has 0 bridgehead atoms. The van der Waals surface area contributed by atoms with Crippen LogP contribution in [0.5, 0.6) is 0 Å². The van der Waals surface area contributed by atoms with Crippen LogP contribution < -0.4 is 22.1 Å². The second-order valence-electron chi connectivity index (χ2n) is 0.469. The molecule has 50 valence electrons. The summed E-state index contributed by atoms with van der Waals surface area (Å²) in [4.78, 5) is 24.3. The first-order chi connectivity index (χ1) is 2.00. The Hall–Kier alpha value is 1.29. The van der Waals surface area contributed by atoms with Crippen LogP contribution in [-0.4, -0.2) is 42.6 Å². The van der Waals surface area contributed by atoms with Gasteiger partial charge in [-0.2, -0.15) is 0 Å². The molecule has 8 heteroatoms. The summed E-state index contributed by atoms with van der Waals surface area (Å²) in [5, 5.41) is 0. The third kappa shape index (κ3) is 173. The molecular formula is H9CaN2O4P. The van der Waals surface area contributed by atoms with E-state index in [2.05, 4.69) is 0 Å². The quantitative estimate of drug-likeness (QED) is 0.290. The van der Waals surface area contributed by atoms with E-state index in [1.165, 1.54) is 0 Å². The van der Waals surface area contributed by atoms with Gasteiger partial charge in [0, 0.05) is 37.7 Å². The minimum absolute atomic E-state index is 0. The second kappa shape index (κ2) is 8.29. The number of phosphoric acid groups is 1. The fraction of sp³-hybridized carbons (Fsp3) is 0. The topological polar surface area (TPSA) is 156 Å². The molecule has 6 nitrogen and oxygen atoms in total. The van der Waals surface area contributed by atoms with Crippen molar-refractivity contribution in [1.82, 2.24) is 12.3 Å². The van der Waals surface area contributed by atoms with Crippen LogP contribution in [0.25, 0.3) is 0 Å². The molecule has 0 fully saturated rings. The molecule has 0 aliphatic rings. The van der Waals surface area contributed by atoms with Crippen LogP contribution in [0.1, 0.15) is 0 Å². The molecule has 0 aromatic carbocycles. The van der Waals surface area contributed by atoms with Crippen LogP contribution in [0.15, 0.2) is 0 Å². The first-order valence-electron chi connectivity index (χ1n) is 0.748. The van der Waals surface area contributed by atoms with Gasteiger partial charge < -0.3 is 31.5 Å². The smallest absolute Gasteiger partial charge is 0.0557 e. The van der Waals surface area contributed by atoms with Gasteiger partial charge in [0.1, 0.15) is 0 Å². The van der Waals surface area contributed by atoms with Gasteiger partial charge in [0.05, 0.1) is 7.82 Å². The molecule has 0 aromatic rings. The maximum absolute atomic E-state index is 8.66. The van der Waals surface area contributed by atoms with Gasteiger partial charge >= 0.3 is 0 Å². The van der Waals surface area contributed by atoms with Crippen LogP contribution in [-0.2, 0) is 4.57 Å². The maximum Gasteiger partial charge on any atom is 0.0557 e. The zero-order valence-electron chi connectivity index (χ0n) is 4.83. The molecule has 2 radical (unpaired) electrons. The third-order valence-electron chi connectivity index (χ3n) is 0. The van der Waals surface area contributed by atoms with Crippen LogP contribution in [0, 0.1) is 0 Å². The largest absolute Gasteiger partial charge is 0.790 e. The molecular weight excluding hydrogens is 163 g/mol. The molecule has 0 atom stereocenters. The third-order valence-corrected chi connectivity index (χ3v) is 0. The van der Waals surface area contributed by atoms with E-state index >= 15 is 0 Å². The minimum atomic E-state index is -5.14. The molecule has 0 heterocycles. The summed E-state index contributed by atoms with van der Waals surface area (Å²) in [5.41, 5.74) is 0. The summed E-state index contributed by atoms with van der Waals surface area (Å²) in [6.45, 7) is 0. The predicted molar refractivity (Wildman–Crippen MR) is 27.5 cm³/mol. The predicted octanol–water partition coefficient (Wildman–Crippen LogP) is -1.82. The average Bonchev–Trinajstić information content (AvgIpc) is 0.722. The molecule has 0 unspecified atom stereocenters. The number of rotatable bonds is 0. The summed E-state index contributed by atoms with van der Waals surface area (Å²) in [5.74, 6) is 0. The zero-order chi connectivity index (χ0) is 4.50. The van der Waals surface area contributed by atoms with Crippen molar-refractivity contribution in [2.45, 2.75) is 0 Å². The van der Waals surface area contributed by atoms with Gasteiger partial charge in [-0.3, -0.25) is 0 Å². The van der Waals surface area contributed by atoms with E-state index < -0.39 is 7.82 Å². The Bertz CT molecular complexity index is 60.2. The molecule has 0 rings (SSSR count).